The van der Waals surface area contributed by atoms with Gasteiger partial charge in [0, 0.05) is 12.6 Å². The van der Waals surface area contributed by atoms with Crippen molar-refractivity contribution in [2.45, 2.75) is 37.3 Å². The van der Waals surface area contributed by atoms with Gasteiger partial charge < -0.3 is 9.84 Å². The smallest absolute Gasteiger partial charge is 0.337 e. The molecule has 116 valence electrons. The third-order valence-electron chi connectivity index (χ3n) is 3.59. The van der Waals surface area contributed by atoms with Gasteiger partial charge in [0.05, 0.1) is 23.2 Å². The zero-order valence-corrected chi connectivity index (χ0v) is 12.8. The average molecular weight is 313 g/mol. The van der Waals surface area contributed by atoms with E-state index >= 15 is 0 Å². The number of nitrogens with zero attached hydrogens (tertiary/aromatic N) is 1. The lowest BCUT2D eigenvalue weighted by atomic mass is 10.2. The number of rotatable bonds is 4. The molecule has 7 heteroatoms. The quantitative estimate of drug-likeness (QED) is 0.912. The second-order valence-corrected chi connectivity index (χ2v) is 6.94. The Labute approximate surface area is 124 Å². The molecule has 6 nitrogen and oxygen atoms in total. The van der Waals surface area contributed by atoms with Gasteiger partial charge in [0.1, 0.15) is 0 Å². The van der Waals surface area contributed by atoms with E-state index in [1.165, 1.54) is 28.6 Å². The Morgan fingerprint density at radius 2 is 2.10 bits per heavy atom. The summed E-state index contributed by atoms with van der Waals surface area (Å²) < 4.78 is 32.5. The lowest BCUT2D eigenvalue weighted by molar-refractivity contribution is -0.0230. The molecule has 1 aliphatic rings. The number of carboxylic acids is 1. The second kappa shape index (κ2) is 6.13. The van der Waals surface area contributed by atoms with Crippen LogP contribution in [0.1, 0.15) is 30.6 Å². The number of morpholine rings is 1. The van der Waals surface area contributed by atoms with E-state index < -0.39 is 16.0 Å². The van der Waals surface area contributed by atoms with Crippen molar-refractivity contribution >= 4 is 16.0 Å². The van der Waals surface area contributed by atoms with Crippen molar-refractivity contribution in [3.8, 4) is 0 Å². The Balaban J connectivity index is 2.48. The standard InChI is InChI=1S/C14H19NO5S/c1-3-11-9-20-10(2)8-15(11)21(18,19)13-7-5-4-6-12(13)14(16)17/h4-7,10-11H,3,8-9H2,1-2H3,(H,16,17). The van der Waals surface area contributed by atoms with Crippen molar-refractivity contribution in [1.82, 2.24) is 4.31 Å². The van der Waals surface area contributed by atoms with Crippen molar-refractivity contribution in [3.63, 3.8) is 0 Å². The number of benzene rings is 1. The molecule has 1 aromatic carbocycles. The Bertz CT molecular complexity index is 628. The van der Waals surface area contributed by atoms with Crippen LogP contribution in [-0.2, 0) is 14.8 Å². The Hall–Kier alpha value is -1.44. The molecular weight excluding hydrogens is 294 g/mol. The largest absolute Gasteiger partial charge is 0.478 e. The Morgan fingerprint density at radius 1 is 1.43 bits per heavy atom. The number of ether oxygens (including phenoxy) is 1. The molecule has 1 N–H and O–H groups in total. The third-order valence-corrected chi connectivity index (χ3v) is 5.57. The Kier molecular flexibility index (Phi) is 4.65. The van der Waals surface area contributed by atoms with Crippen LogP contribution in [0.2, 0.25) is 0 Å². The SMILES string of the molecule is CCC1COC(C)CN1S(=O)(=O)c1ccccc1C(=O)O. The topological polar surface area (TPSA) is 83.9 Å². The van der Waals surface area contributed by atoms with Gasteiger partial charge in [-0.25, -0.2) is 13.2 Å². The van der Waals surface area contributed by atoms with E-state index in [1.807, 2.05) is 6.92 Å². The van der Waals surface area contributed by atoms with Crippen molar-refractivity contribution in [3.05, 3.63) is 29.8 Å². The van der Waals surface area contributed by atoms with Crippen LogP contribution in [0.15, 0.2) is 29.2 Å². The maximum Gasteiger partial charge on any atom is 0.337 e. The molecule has 0 amide bonds. The number of aromatic carboxylic acids is 1. The monoisotopic (exact) mass is 313 g/mol. The molecule has 2 rings (SSSR count). The summed E-state index contributed by atoms with van der Waals surface area (Å²) in [7, 11) is -3.86. The molecule has 2 unspecified atom stereocenters. The van der Waals surface area contributed by atoms with Gasteiger partial charge in [-0.2, -0.15) is 4.31 Å². The molecule has 0 spiro atoms. The van der Waals surface area contributed by atoms with Crippen molar-refractivity contribution < 1.29 is 23.1 Å². The van der Waals surface area contributed by atoms with E-state index in [0.717, 1.165) is 0 Å². The normalized spacial score (nSPS) is 23.9. The van der Waals surface area contributed by atoms with E-state index in [9.17, 15) is 18.3 Å². The molecule has 1 aromatic rings. The fourth-order valence-corrected chi connectivity index (χ4v) is 4.37. The van der Waals surface area contributed by atoms with Crippen molar-refractivity contribution in [2.24, 2.45) is 0 Å². The average Bonchev–Trinajstić information content (AvgIpc) is 2.47. The lowest BCUT2D eigenvalue weighted by Gasteiger charge is -2.37. The van der Waals surface area contributed by atoms with Crippen LogP contribution in [0.25, 0.3) is 0 Å². The molecule has 1 aliphatic heterocycles. The summed E-state index contributed by atoms with van der Waals surface area (Å²) in [5, 5.41) is 9.19. The van der Waals surface area contributed by atoms with Gasteiger partial charge in [-0.1, -0.05) is 19.1 Å². The number of carbonyl (C=O) groups is 1. The number of hydrogen-bond acceptors (Lipinski definition) is 4. The Morgan fingerprint density at radius 3 is 2.71 bits per heavy atom. The fraction of sp³-hybridized carbons (Fsp3) is 0.500. The van der Waals surface area contributed by atoms with Crippen molar-refractivity contribution in [1.29, 1.82) is 0 Å². The fourth-order valence-electron chi connectivity index (χ4n) is 2.42. The molecular formula is C14H19NO5S. The zero-order valence-electron chi connectivity index (χ0n) is 12.0. The molecule has 1 saturated heterocycles. The molecule has 1 heterocycles. The molecule has 0 radical (unpaired) electrons. The minimum absolute atomic E-state index is 0.162. The first-order valence-corrected chi connectivity index (χ1v) is 8.27. The van der Waals surface area contributed by atoms with Crippen LogP contribution in [0.5, 0.6) is 0 Å². The number of sulfonamides is 1. The van der Waals surface area contributed by atoms with E-state index in [1.54, 1.807) is 6.92 Å². The van der Waals surface area contributed by atoms with Gasteiger partial charge in [-0.15, -0.1) is 0 Å². The molecule has 0 aliphatic carbocycles. The third kappa shape index (κ3) is 3.09. The predicted octanol–water partition coefficient (Wildman–Crippen LogP) is 1.57. The van der Waals surface area contributed by atoms with Crippen LogP contribution in [0.4, 0.5) is 0 Å². The lowest BCUT2D eigenvalue weighted by Crippen LogP contribution is -2.51. The van der Waals surface area contributed by atoms with Gasteiger partial charge in [0.25, 0.3) is 0 Å². The van der Waals surface area contributed by atoms with E-state index in [0.29, 0.717) is 13.0 Å². The molecule has 0 bridgehead atoms. The zero-order chi connectivity index (χ0) is 15.6. The predicted molar refractivity (Wildman–Crippen MR) is 76.8 cm³/mol. The molecule has 21 heavy (non-hydrogen) atoms. The first-order valence-electron chi connectivity index (χ1n) is 6.83. The highest BCUT2D eigenvalue weighted by atomic mass is 32.2. The summed E-state index contributed by atoms with van der Waals surface area (Å²) in [6.07, 6.45) is 0.404. The number of carboxylic acid groups (broad SMARTS) is 1. The van der Waals surface area contributed by atoms with Crippen LogP contribution >= 0.6 is 0 Å². The van der Waals surface area contributed by atoms with E-state index in [-0.39, 0.29) is 29.1 Å². The van der Waals surface area contributed by atoms with Crippen LogP contribution < -0.4 is 0 Å². The summed E-state index contributed by atoms with van der Waals surface area (Å²) in [5.41, 5.74) is -0.202. The summed E-state index contributed by atoms with van der Waals surface area (Å²) in [6.45, 7) is 4.24. The van der Waals surface area contributed by atoms with Gasteiger partial charge in [0.2, 0.25) is 10.0 Å². The van der Waals surface area contributed by atoms with Gasteiger partial charge in [-0.05, 0) is 25.5 Å². The highest BCUT2D eigenvalue weighted by Gasteiger charge is 2.37. The summed E-state index contributed by atoms with van der Waals surface area (Å²) in [5.74, 6) is -1.25. The highest BCUT2D eigenvalue weighted by Crippen LogP contribution is 2.26. The van der Waals surface area contributed by atoms with E-state index in [2.05, 4.69) is 0 Å². The maximum atomic E-state index is 12.8. The summed E-state index contributed by atoms with van der Waals surface area (Å²) >= 11 is 0. The summed E-state index contributed by atoms with van der Waals surface area (Å²) in [6, 6.07) is 5.42. The van der Waals surface area contributed by atoms with Crippen LogP contribution in [0.3, 0.4) is 0 Å². The maximum absolute atomic E-state index is 12.8. The minimum atomic E-state index is -3.86. The van der Waals surface area contributed by atoms with E-state index in [4.69, 9.17) is 4.74 Å². The van der Waals surface area contributed by atoms with Crippen LogP contribution in [0, 0.1) is 0 Å². The first kappa shape index (κ1) is 15.9. The van der Waals surface area contributed by atoms with Crippen LogP contribution in [-0.4, -0.2) is 49.1 Å². The second-order valence-electron chi connectivity index (χ2n) is 5.08. The first-order chi connectivity index (χ1) is 9.87. The van der Waals surface area contributed by atoms with Crippen molar-refractivity contribution in [2.75, 3.05) is 13.2 Å². The van der Waals surface area contributed by atoms with Gasteiger partial charge in [0.15, 0.2) is 0 Å². The molecule has 0 aromatic heterocycles. The number of hydrogen-bond donors (Lipinski definition) is 1. The van der Waals surface area contributed by atoms with Gasteiger partial charge >= 0.3 is 5.97 Å². The summed E-state index contributed by atoms with van der Waals surface area (Å²) in [4.78, 5) is 11.1. The minimum Gasteiger partial charge on any atom is -0.478 e. The molecule has 0 saturated carbocycles. The highest BCUT2D eigenvalue weighted by molar-refractivity contribution is 7.89. The van der Waals surface area contributed by atoms with Gasteiger partial charge in [-0.3, -0.25) is 0 Å². The molecule has 2 atom stereocenters. The molecule has 1 fully saturated rings.